The number of non-ortho nitro benzene ring substituents is 1. The molecule has 0 aromatic heterocycles. The third kappa shape index (κ3) is 13.7. The van der Waals surface area contributed by atoms with Crippen LogP contribution in [0.15, 0.2) is 24.3 Å². The van der Waals surface area contributed by atoms with Crippen molar-refractivity contribution in [3.05, 3.63) is 39.9 Å². The van der Waals surface area contributed by atoms with Gasteiger partial charge >= 0.3 is 0 Å². The molecule has 264 valence electrons. The van der Waals surface area contributed by atoms with Crippen LogP contribution in [0.4, 0.5) is 5.69 Å². The minimum Gasteiger partial charge on any atom is -0.390 e. The summed E-state index contributed by atoms with van der Waals surface area (Å²) >= 11 is 0. The van der Waals surface area contributed by atoms with Crippen LogP contribution in [-0.2, 0) is 19.2 Å². The Kier molecular flexibility index (Phi) is 17.6. The Morgan fingerprint density at radius 3 is 1.94 bits per heavy atom. The SMILES string of the molecule is CCC[C@H](NC(=O)[C@@H](NC(=O)c1ccc([N+](=O)[O-])cc1)[C@@H](C)CC)C(=O)N[C@@H](CC(C)C)[C@@H](O)CC(=O)N[C@H](C(=O)NCC)C(C)C. The van der Waals surface area contributed by atoms with Gasteiger partial charge in [0.15, 0.2) is 0 Å². The maximum atomic E-state index is 13.5. The van der Waals surface area contributed by atoms with E-state index in [1.807, 2.05) is 27.7 Å². The Bertz CT molecular complexity index is 1210. The number of likely N-dealkylation sites (N-methyl/N-ethyl adjacent to an activating group) is 1. The quantitative estimate of drug-likeness (QED) is 0.0901. The van der Waals surface area contributed by atoms with Crippen LogP contribution < -0.4 is 26.6 Å². The number of carbonyl (C=O) groups is 5. The zero-order valence-electron chi connectivity index (χ0n) is 28.9. The molecule has 5 amide bonds. The lowest BCUT2D eigenvalue weighted by molar-refractivity contribution is -0.384. The second kappa shape index (κ2) is 20.2. The highest BCUT2D eigenvalue weighted by molar-refractivity contribution is 5.98. The molecule has 6 atom stereocenters. The molecule has 0 saturated heterocycles. The summed E-state index contributed by atoms with van der Waals surface area (Å²) in [6, 6.07) is 1.41. The molecule has 1 aromatic carbocycles. The van der Waals surface area contributed by atoms with Gasteiger partial charge in [0, 0.05) is 24.2 Å². The maximum absolute atomic E-state index is 13.5. The van der Waals surface area contributed by atoms with Gasteiger partial charge in [0.2, 0.25) is 23.6 Å². The summed E-state index contributed by atoms with van der Waals surface area (Å²) in [5.74, 6) is -3.04. The fourth-order valence-corrected chi connectivity index (χ4v) is 4.97. The number of benzene rings is 1. The van der Waals surface area contributed by atoms with E-state index in [1.54, 1.807) is 27.7 Å². The van der Waals surface area contributed by atoms with Crippen LogP contribution in [0, 0.1) is 27.9 Å². The van der Waals surface area contributed by atoms with Crippen molar-refractivity contribution in [3.8, 4) is 0 Å². The number of amides is 5. The largest absolute Gasteiger partial charge is 0.390 e. The number of hydrogen-bond acceptors (Lipinski definition) is 8. The molecule has 0 aliphatic carbocycles. The van der Waals surface area contributed by atoms with Crippen molar-refractivity contribution in [3.63, 3.8) is 0 Å². The van der Waals surface area contributed by atoms with Crippen molar-refractivity contribution >= 4 is 35.2 Å². The Morgan fingerprint density at radius 1 is 0.830 bits per heavy atom. The van der Waals surface area contributed by atoms with Gasteiger partial charge in [-0.2, -0.15) is 0 Å². The van der Waals surface area contributed by atoms with Crippen LogP contribution in [0.5, 0.6) is 0 Å². The number of aliphatic hydroxyl groups is 1. The fourth-order valence-electron chi connectivity index (χ4n) is 4.97. The molecule has 0 radical (unpaired) electrons. The first-order chi connectivity index (χ1) is 22.1. The molecule has 47 heavy (non-hydrogen) atoms. The van der Waals surface area contributed by atoms with Crippen LogP contribution in [0.25, 0.3) is 0 Å². The standard InChI is InChI=1S/C33H54N6O8/c1-9-12-24(35-33(45)29(21(8)10-2)38-30(42)22-13-15-23(16-14-22)39(46)47)31(43)36-25(17-19(4)5)26(40)18-27(41)37-28(20(6)7)32(44)34-11-3/h13-16,19-21,24-26,28-29,40H,9-12,17-18H2,1-8H3,(H,34,44)(H,35,45)(H,36,43)(H,37,41)(H,38,42)/t21-,24-,25-,26-,28-,29-/m0/s1. The molecule has 6 N–H and O–H groups in total. The number of nitrogens with one attached hydrogen (secondary N) is 5. The average molecular weight is 663 g/mol. The Balaban J connectivity index is 3.08. The highest BCUT2D eigenvalue weighted by Crippen LogP contribution is 2.16. The van der Waals surface area contributed by atoms with Gasteiger partial charge in [-0.25, -0.2) is 0 Å². The maximum Gasteiger partial charge on any atom is 0.269 e. The number of aliphatic hydroxyl groups excluding tert-OH is 1. The molecule has 0 aliphatic heterocycles. The van der Waals surface area contributed by atoms with Gasteiger partial charge in [0.25, 0.3) is 11.6 Å². The molecule has 0 bridgehead atoms. The normalized spacial score (nSPS) is 15.0. The first-order valence-corrected chi connectivity index (χ1v) is 16.5. The van der Waals surface area contributed by atoms with Gasteiger partial charge in [-0.1, -0.05) is 61.3 Å². The van der Waals surface area contributed by atoms with E-state index in [2.05, 4.69) is 26.6 Å². The predicted octanol–water partition coefficient (Wildman–Crippen LogP) is 2.58. The van der Waals surface area contributed by atoms with E-state index in [9.17, 15) is 39.2 Å². The van der Waals surface area contributed by atoms with Gasteiger partial charge < -0.3 is 31.7 Å². The molecular weight excluding hydrogens is 608 g/mol. The number of hydrogen-bond donors (Lipinski definition) is 6. The predicted molar refractivity (Wildman–Crippen MR) is 178 cm³/mol. The van der Waals surface area contributed by atoms with Crippen LogP contribution >= 0.6 is 0 Å². The van der Waals surface area contributed by atoms with Gasteiger partial charge in [-0.05, 0) is 49.7 Å². The second-order valence-electron chi connectivity index (χ2n) is 12.7. The Labute approximate surface area is 277 Å². The molecule has 14 heteroatoms. The van der Waals surface area contributed by atoms with Crippen molar-refractivity contribution in [2.75, 3.05) is 6.54 Å². The van der Waals surface area contributed by atoms with Crippen LogP contribution in [0.2, 0.25) is 0 Å². The number of rotatable bonds is 20. The van der Waals surface area contributed by atoms with E-state index in [4.69, 9.17) is 0 Å². The zero-order valence-corrected chi connectivity index (χ0v) is 28.9. The van der Waals surface area contributed by atoms with E-state index in [0.29, 0.717) is 25.8 Å². The molecule has 0 aliphatic rings. The lowest BCUT2D eigenvalue weighted by Gasteiger charge is -2.30. The monoisotopic (exact) mass is 662 g/mol. The number of nitrogens with zero attached hydrogens (tertiary/aromatic N) is 1. The summed E-state index contributed by atoms with van der Waals surface area (Å²) in [6.07, 6.45) is 0.0707. The van der Waals surface area contributed by atoms with E-state index in [0.717, 1.165) is 0 Å². The molecule has 1 rings (SSSR count). The van der Waals surface area contributed by atoms with E-state index >= 15 is 0 Å². The highest BCUT2D eigenvalue weighted by Gasteiger charge is 2.33. The topological polar surface area (TPSA) is 209 Å². The van der Waals surface area contributed by atoms with Gasteiger partial charge in [0.05, 0.1) is 23.5 Å². The molecule has 0 heterocycles. The third-order valence-corrected chi connectivity index (χ3v) is 7.86. The lowest BCUT2D eigenvalue weighted by atomic mass is 9.95. The van der Waals surface area contributed by atoms with Gasteiger partial charge in [-0.3, -0.25) is 34.1 Å². The first-order valence-electron chi connectivity index (χ1n) is 16.5. The molecule has 0 saturated carbocycles. The van der Waals surface area contributed by atoms with E-state index in [1.165, 1.54) is 24.3 Å². The van der Waals surface area contributed by atoms with Crippen molar-refractivity contribution in [1.82, 2.24) is 26.6 Å². The minimum absolute atomic E-state index is 0.0420. The van der Waals surface area contributed by atoms with Crippen LogP contribution in [0.3, 0.4) is 0 Å². The van der Waals surface area contributed by atoms with E-state index < -0.39 is 58.8 Å². The lowest BCUT2D eigenvalue weighted by Crippen LogP contribution is -2.58. The van der Waals surface area contributed by atoms with Crippen molar-refractivity contribution < 1.29 is 34.0 Å². The summed E-state index contributed by atoms with van der Waals surface area (Å²) in [4.78, 5) is 75.7. The molecule has 14 nitrogen and oxygen atoms in total. The van der Waals surface area contributed by atoms with Crippen molar-refractivity contribution in [2.45, 2.75) is 118 Å². The summed E-state index contributed by atoms with van der Waals surface area (Å²) in [5, 5.41) is 35.7. The zero-order chi connectivity index (χ0) is 35.8. The van der Waals surface area contributed by atoms with Crippen molar-refractivity contribution in [2.24, 2.45) is 17.8 Å². The Morgan fingerprint density at radius 2 is 1.45 bits per heavy atom. The second-order valence-corrected chi connectivity index (χ2v) is 12.7. The molecule has 0 spiro atoms. The fraction of sp³-hybridized carbons (Fsp3) is 0.667. The Hall–Kier alpha value is -4.07. The summed E-state index contributed by atoms with van der Waals surface area (Å²) in [5.41, 5.74) is -0.0355. The molecule has 0 fully saturated rings. The smallest absolute Gasteiger partial charge is 0.269 e. The van der Waals surface area contributed by atoms with E-state index in [-0.39, 0.29) is 47.8 Å². The van der Waals surface area contributed by atoms with Crippen molar-refractivity contribution in [1.29, 1.82) is 0 Å². The number of nitro benzene ring substituents is 1. The van der Waals surface area contributed by atoms with Crippen LogP contribution in [0.1, 0.15) is 97.9 Å². The summed E-state index contributed by atoms with van der Waals surface area (Å²) in [6.45, 7) is 15.1. The summed E-state index contributed by atoms with van der Waals surface area (Å²) < 4.78 is 0. The van der Waals surface area contributed by atoms with Gasteiger partial charge in [-0.15, -0.1) is 0 Å². The third-order valence-electron chi connectivity index (χ3n) is 7.86. The summed E-state index contributed by atoms with van der Waals surface area (Å²) in [7, 11) is 0. The molecular formula is C33H54N6O8. The van der Waals surface area contributed by atoms with Crippen LogP contribution in [-0.4, -0.2) is 76.4 Å². The highest BCUT2D eigenvalue weighted by atomic mass is 16.6. The number of nitro groups is 1. The minimum atomic E-state index is -1.27. The molecule has 0 unspecified atom stereocenters. The molecule has 1 aromatic rings. The first kappa shape index (κ1) is 41.0. The number of carbonyl (C=O) groups excluding carboxylic acids is 5. The average Bonchev–Trinajstić information content (AvgIpc) is 3.00. The van der Waals surface area contributed by atoms with Gasteiger partial charge in [0.1, 0.15) is 18.1 Å².